The Labute approximate surface area is 133 Å². The highest BCUT2D eigenvalue weighted by atomic mass is 35.5. The summed E-state index contributed by atoms with van der Waals surface area (Å²) in [5, 5.41) is 0.980. The quantitative estimate of drug-likeness (QED) is 0.855. The van der Waals surface area contributed by atoms with E-state index in [2.05, 4.69) is 0 Å². The average Bonchev–Trinajstić information content (AvgIpc) is 2.84. The van der Waals surface area contributed by atoms with Crippen LogP contribution in [0.1, 0.15) is 19.3 Å². The van der Waals surface area contributed by atoms with Crippen LogP contribution in [0.25, 0.3) is 0 Å². The van der Waals surface area contributed by atoms with Crippen molar-refractivity contribution in [3.8, 4) is 5.75 Å². The largest absolute Gasteiger partial charge is 0.479 e. The van der Waals surface area contributed by atoms with Crippen molar-refractivity contribution < 1.29 is 14.3 Å². The van der Waals surface area contributed by atoms with Crippen molar-refractivity contribution in [1.29, 1.82) is 0 Å². The van der Waals surface area contributed by atoms with Crippen LogP contribution in [0.3, 0.4) is 0 Å². The van der Waals surface area contributed by atoms with E-state index in [1.807, 2.05) is 4.90 Å². The molecule has 6 heteroatoms. The summed E-state index contributed by atoms with van der Waals surface area (Å²) < 4.78 is 11.1. The standard InChI is InChI=1S/C15H17Cl2NO3/c16-10-1-2-13(12(17)9-10)21-14-3-6-18(15(14)19)11-4-7-20-8-5-11/h1-2,9,11,14H,3-8H2/t14-/m1/s1. The highest BCUT2D eigenvalue weighted by Crippen LogP contribution is 2.31. The van der Waals surface area contributed by atoms with E-state index in [4.69, 9.17) is 32.7 Å². The van der Waals surface area contributed by atoms with Crippen molar-refractivity contribution in [3.63, 3.8) is 0 Å². The zero-order valence-electron chi connectivity index (χ0n) is 11.6. The predicted molar refractivity (Wildman–Crippen MR) is 81.0 cm³/mol. The van der Waals surface area contributed by atoms with E-state index in [0.29, 0.717) is 22.2 Å². The first-order valence-electron chi connectivity index (χ1n) is 7.15. The number of hydrogen-bond acceptors (Lipinski definition) is 3. The van der Waals surface area contributed by atoms with Crippen molar-refractivity contribution >= 4 is 29.1 Å². The SMILES string of the molecule is O=C1[C@H](Oc2ccc(Cl)cc2Cl)CCN1C1CCOCC1. The molecule has 2 saturated heterocycles. The van der Waals surface area contributed by atoms with Gasteiger partial charge in [0, 0.05) is 37.2 Å². The van der Waals surface area contributed by atoms with Crippen LogP contribution in [0.5, 0.6) is 5.75 Å². The Morgan fingerprint density at radius 2 is 1.95 bits per heavy atom. The van der Waals surface area contributed by atoms with E-state index in [9.17, 15) is 4.79 Å². The van der Waals surface area contributed by atoms with Gasteiger partial charge in [-0.25, -0.2) is 0 Å². The fourth-order valence-electron chi connectivity index (χ4n) is 2.87. The Kier molecular flexibility index (Phi) is 4.57. The molecule has 0 bridgehead atoms. The van der Waals surface area contributed by atoms with E-state index >= 15 is 0 Å². The summed E-state index contributed by atoms with van der Waals surface area (Å²) in [6.45, 7) is 2.19. The smallest absolute Gasteiger partial charge is 0.263 e. The summed E-state index contributed by atoms with van der Waals surface area (Å²) in [6.07, 6.45) is 2.04. The maximum Gasteiger partial charge on any atom is 0.263 e. The Morgan fingerprint density at radius 1 is 1.19 bits per heavy atom. The van der Waals surface area contributed by atoms with Crippen molar-refractivity contribution in [2.24, 2.45) is 0 Å². The van der Waals surface area contributed by atoms with Crippen LogP contribution in [-0.4, -0.2) is 42.7 Å². The third-order valence-electron chi connectivity index (χ3n) is 3.99. The lowest BCUT2D eigenvalue weighted by Crippen LogP contribution is -2.42. The lowest BCUT2D eigenvalue weighted by Gasteiger charge is -2.31. The molecule has 21 heavy (non-hydrogen) atoms. The van der Waals surface area contributed by atoms with E-state index in [1.165, 1.54) is 0 Å². The topological polar surface area (TPSA) is 38.8 Å². The van der Waals surface area contributed by atoms with Gasteiger partial charge in [-0.1, -0.05) is 23.2 Å². The van der Waals surface area contributed by atoms with Crippen molar-refractivity contribution in [2.75, 3.05) is 19.8 Å². The van der Waals surface area contributed by atoms with Crippen molar-refractivity contribution in [1.82, 2.24) is 4.90 Å². The zero-order valence-corrected chi connectivity index (χ0v) is 13.1. The molecule has 114 valence electrons. The number of nitrogens with zero attached hydrogens (tertiary/aromatic N) is 1. The molecule has 3 rings (SSSR count). The van der Waals surface area contributed by atoms with Gasteiger partial charge >= 0.3 is 0 Å². The molecule has 4 nitrogen and oxygen atoms in total. The van der Waals surface area contributed by atoms with Crippen LogP contribution in [0.15, 0.2) is 18.2 Å². The summed E-state index contributed by atoms with van der Waals surface area (Å²) in [5.74, 6) is 0.557. The fraction of sp³-hybridized carbons (Fsp3) is 0.533. The third kappa shape index (κ3) is 3.28. The number of rotatable bonds is 3. The number of ether oxygens (including phenoxy) is 2. The molecular formula is C15H17Cl2NO3. The van der Waals surface area contributed by atoms with Crippen LogP contribution < -0.4 is 4.74 Å². The van der Waals surface area contributed by atoms with Crippen LogP contribution in [0.2, 0.25) is 10.0 Å². The van der Waals surface area contributed by atoms with E-state index in [-0.39, 0.29) is 11.9 Å². The number of carbonyl (C=O) groups excluding carboxylic acids is 1. The number of amides is 1. The van der Waals surface area contributed by atoms with Gasteiger partial charge in [0.1, 0.15) is 5.75 Å². The van der Waals surface area contributed by atoms with Crippen LogP contribution in [-0.2, 0) is 9.53 Å². The van der Waals surface area contributed by atoms with Gasteiger partial charge in [0.25, 0.3) is 5.91 Å². The minimum Gasteiger partial charge on any atom is -0.479 e. The minimum absolute atomic E-state index is 0.0490. The second-order valence-corrected chi connectivity index (χ2v) is 6.19. The van der Waals surface area contributed by atoms with Gasteiger partial charge in [0.2, 0.25) is 0 Å². The summed E-state index contributed by atoms with van der Waals surface area (Å²) in [6, 6.07) is 5.31. The molecule has 0 aliphatic carbocycles. The molecular weight excluding hydrogens is 313 g/mol. The highest BCUT2D eigenvalue weighted by Gasteiger charge is 2.38. The molecule has 2 aliphatic heterocycles. The summed E-state index contributed by atoms with van der Waals surface area (Å²) in [7, 11) is 0. The van der Waals surface area contributed by atoms with Gasteiger partial charge < -0.3 is 14.4 Å². The fourth-order valence-corrected chi connectivity index (χ4v) is 3.32. The zero-order chi connectivity index (χ0) is 14.8. The normalized spacial score (nSPS) is 23.6. The molecule has 2 heterocycles. The highest BCUT2D eigenvalue weighted by molar-refractivity contribution is 6.35. The average molecular weight is 330 g/mol. The Balaban J connectivity index is 1.66. The molecule has 0 unspecified atom stereocenters. The molecule has 1 amide bonds. The van der Waals surface area contributed by atoms with Gasteiger partial charge in [-0.15, -0.1) is 0 Å². The first kappa shape index (κ1) is 14.9. The molecule has 2 aliphatic rings. The molecule has 0 spiro atoms. The van der Waals surface area contributed by atoms with Crippen LogP contribution in [0, 0.1) is 0 Å². The third-order valence-corrected chi connectivity index (χ3v) is 4.52. The van der Waals surface area contributed by atoms with Crippen molar-refractivity contribution in [2.45, 2.75) is 31.4 Å². The first-order valence-corrected chi connectivity index (χ1v) is 7.90. The number of hydrogen-bond donors (Lipinski definition) is 0. The number of benzene rings is 1. The predicted octanol–water partition coefficient (Wildman–Crippen LogP) is 3.15. The Bertz CT molecular complexity index is 532. The van der Waals surface area contributed by atoms with E-state index < -0.39 is 6.10 Å². The Hall–Kier alpha value is -0.970. The molecule has 0 N–H and O–H groups in total. The van der Waals surface area contributed by atoms with Gasteiger partial charge in [-0.2, -0.15) is 0 Å². The van der Waals surface area contributed by atoms with Gasteiger partial charge in [-0.3, -0.25) is 4.79 Å². The minimum atomic E-state index is -0.452. The molecule has 1 aromatic carbocycles. The van der Waals surface area contributed by atoms with Crippen LogP contribution >= 0.6 is 23.2 Å². The maximum atomic E-state index is 12.5. The van der Waals surface area contributed by atoms with E-state index in [1.54, 1.807) is 18.2 Å². The second-order valence-electron chi connectivity index (χ2n) is 5.35. The van der Waals surface area contributed by atoms with Gasteiger partial charge in [0.15, 0.2) is 6.10 Å². The number of halogens is 2. The van der Waals surface area contributed by atoms with Gasteiger partial charge in [-0.05, 0) is 31.0 Å². The lowest BCUT2D eigenvalue weighted by molar-refractivity contribution is -0.136. The van der Waals surface area contributed by atoms with E-state index in [0.717, 1.165) is 32.6 Å². The lowest BCUT2D eigenvalue weighted by atomic mass is 10.1. The summed E-state index contributed by atoms with van der Waals surface area (Å²) >= 11 is 11.9. The Morgan fingerprint density at radius 3 is 2.67 bits per heavy atom. The maximum absolute atomic E-state index is 12.5. The summed E-state index contributed by atoms with van der Waals surface area (Å²) in [5.41, 5.74) is 0. The van der Waals surface area contributed by atoms with Gasteiger partial charge in [0.05, 0.1) is 5.02 Å². The molecule has 0 radical (unpaired) electrons. The molecule has 1 atom stereocenters. The molecule has 0 aromatic heterocycles. The molecule has 2 fully saturated rings. The van der Waals surface area contributed by atoms with Crippen LogP contribution in [0.4, 0.5) is 0 Å². The number of likely N-dealkylation sites (tertiary alicyclic amines) is 1. The van der Waals surface area contributed by atoms with Crippen molar-refractivity contribution in [3.05, 3.63) is 28.2 Å². The number of carbonyl (C=O) groups is 1. The second kappa shape index (κ2) is 6.42. The first-order chi connectivity index (χ1) is 10.1. The molecule has 1 aromatic rings. The summed E-state index contributed by atoms with van der Waals surface area (Å²) in [4.78, 5) is 14.4. The monoisotopic (exact) mass is 329 g/mol. The molecule has 0 saturated carbocycles.